The van der Waals surface area contributed by atoms with Gasteiger partial charge in [-0.1, -0.05) is 0 Å². The average Bonchev–Trinajstić information content (AvgIpc) is 2.57. The lowest BCUT2D eigenvalue weighted by Gasteiger charge is -2.25. The van der Waals surface area contributed by atoms with Crippen LogP contribution < -0.4 is 0 Å². The highest BCUT2D eigenvalue weighted by molar-refractivity contribution is 7.10. The van der Waals surface area contributed by atoms with Gasteiger partial charge in [-0.05, 0) is 35.8 Å². The summed E-state index contributed by atoms with van der Waals surface area (Å²) in [5.74, 6) is -0.863. The molecule has 1 aromatic heterocycles. The van der Waals surface area contributed by atoms with Crippen LogP contribution in [0, 0.1) is 5.92 Å². The molecule has 1 atom stereocenters. The van der Waals surface area contributed by atoms with E-state index in [1.54, 1.807) is 0 Å². The standard InChI is InChI=1S/C10H10ClF3S/c11-4-6-5-15-9-2-1-7(3-8(6)9)10(12,13)14/h5,7H,1-4H2. The summed E-state index contributed by atoms with van der Waals surface area (Å²) in [6.07, 6.45) is -3.19. The Bertz CT molecular complexity index is 343. The summed E-state index contributed by atoms with van der Waals surface area (Å²) in [6.45, 7) is 0. The first kappa shape index (κ1) is 11.3. The van der Waals surface area contributed by atoms with Crippen molar-refractivity contribution in [1.82, 2.24) is 0 Å². The number of thiophene rings is 1. The Kier molecular flexibility index (Phi) is 2.99. The molecule has 0 saturated heterocycles. The molecule has 0 N–H and O–H groups in total. The van der Waals surface area contributed by atoms with Crippen LogP contribution in [0.15, 0.2) is 5.38 Å². The van der Waals surface area contributed by atoms with Crippen molar-refractivity contribution in [3.8, 4) is 0 Å². The van der Waals surface area contributed by atoms with Crippen molar-refractivity contribution in [3.05, 3.63) is 21.4 Å². The third-order valence-corrected chi connectivity index (χ3v) is 4.27. The Hall–Kier alpha value is -0.220. The van der Waals surface area contributed by atoms with E-state index in [2.05, 4.69) is 0 Å². The summed E-state index contributed by atoms with van der Waals surface area (Å²) >= 11 is 7.23. The molecule has 0 aliphatic heterocycles. The van der Waals surface area contributed by atoms with Crippen LogP contribution in [0.2, 0.25) is 0 Å². The normalized spacial score (nSPS) is 21.5. The van der Waals surface area contributed by atoms with Crippen molar-refractivity contribution >= 4 is 22.9 Å². The van der Waals surface area contributed by atoms with Gasteiger partial charge in [-0.15, -0.1) is 22.9 Å². The van der Waals surface area contributed by atoms with Crippen molar-refractivity contribution < 1.29 is 13.2 Å². The smallest absolute Gasteiger partial charge is 0.171 e. The highest BCUT2D eigenvalue weighted by atomic mass is 35.5. The van der Waals surface area contributed by atoms with Gasteiger partial charge in [0.2, 0.25) is 0 Å². The minimum atomic E-state index is -4.07. The monoisotopic (exact) mass is 254 g/mol. The Morgan fingerprint density at radius 2 is 2.20 bits per heavy atom. The molecular weight excluding hydrogens is 245 g/mol. The molecule has 0 aromatic carbocycles. The van der Waals surface area contributed by atoms with Crippen molar-refractivity contribution in [3.63, 3.8) is 0 Å². The molecule has 0 amide bonds. The van der Waals surface area contributed by atoms with E-state index < -0.39 is 12.1 Å². The Balaban J connectivity index is 2.25. The lowest BCUT2D eigenvalue weighted by Crippen LogP contribution is -2.28. The molecule has 0 nitrogen and oxygen atoms in total. The molecule has 1 aliphatic rings. The first-order chi connectivity index (χ1) is 7.02. The fourth-order valence-electron chi connectivity index (χ4n) is 1.96. The number of hydrogen-bond donors (Lipinski definition) is 0. The van der Waals surface area contributed by atoms with Gasteiger partial charge in [0.25, 0.3) is 0 Å². The van der Waals surface area contributed by atoms with Crippen LogP contribution in [-0.4, -0.2) is 6.18 Å². The second-order valence-electron chi connectivity index (χ2n) is 3.78. The average molecular weight is 255 g/mol. The van der Waals surface area contributed by atoms with Gasteiger partial charge in [0.15, 0.2) is 0 Å². The largest absolute Gasteiger partial charge is 0.392 e. The maximum Gasteiger partial charge on any atom is 0.392 e. The summed E-state index contributed by atoms with van der Waals surface area (Å²) in [7, 11) is 0. The molecule has 1 aliphatic carbocycles. The summed E-state index contributed by atoms with van der Waals surface area (Å²) < 4.78 is 37.6. The minimum absolute atomic E-state index is 0.115. The molecule has 1 aromatic rings. The molecule has 0 saturated carbocycles. The predicted molar refractivity (Wildman–Crippen MR) is 55.4 cm³/mol. The molecule has 15 heavy (non-hydrogen) atoms. The highest BCUT2D eigenvalue weighted by Crippen LogP contribution is 2.40. The van der Waals surface area contributed by atoms with Gasteiger partial charge in [-0.25, -0.2) is 0 Å². The molecule has 0 spiro atoms. The molecular formula is C10H10ClF3S. The third kappa shape index (κ3) is 2.16. The van der Waals surface area contributed by atoms with Gasteiger partial charge in [0.1, 0.15) is 0 Å². The number of rotatable bonds is 1. The van der Waals surface area contributed by atoms with Crippen LogP contribution in [0.4, 0.5) is 13.2 Å². The van der Waals surface area contributed by atoms with Gasteiger partial charge in [0, 0.05) is 10.8 Å². The number of fused-ring (bicyclic) bond motifs is 1. The van der Waals surface area contributed by atoms with Crippen LogP contribution in [0.3, 0.4) is 0 Å². The summed E-state index contributed by atoms with van der Waals surface area (Å²) in [6, 6.07) is 0. The lowest BCUT2D eigenvalue weighted by atomic mass is 9.86. The van der Waals surface area contributed by atoms with Gasteiger partial charge in [-0.3, -0.25) is 0 Å². The SMILES string of the molecule is FC(F)(F)C1CCc2scc(CCl)c2C1. The van der Waals surface area contributed by atoms with E-state index >= 15 is 0 Å². The number of halogens is 4. The molecule has 0 bridgehead atoms. The minimum Gasteiger partial charge on any atom is -0.171 e. The zero-order valence-corrected chi connectivity index (χ0v) is 9.48. The second kappa shape index (κ2) is 3.98. The van der Waals surface area contributed by atoms with E-state index in [-0.39, 0.29) is 12.8 Å². The van der Waals surface area contributed by atoms with E-state index in [0.29, 0.717) is 12.3 Å². The van der Waals surface area contributed by atoms with Crippen LogP contribution in [-0.2, 0) is 18.7 Å². The van der Waals surface area contributed by atoms with Crippen LogP contribution >= 0.6 is 22.9 Å². The molecule has 1 heterocycles. The van der Waals surface area contributed by atoms with Crippen molar-refractivity contribution in [2.75, 3.05) is 0 Å². The van der Waals surface area contributed by atoms with E-state index in [4.69, 9.17) is 11.6 Å². The third-order valence-electron chi connectivity index (χ3n) is 2.84. The fraction of sp³-hybridized carbons (Fsp3) is 0.600. The highest BCUT2D eigenvalue weighted by Gasteiger charge is 2.41. The second-order valence-corrected chi connectivity index (χ2v) is 5.01. The Morgan fingerprint density at radius 3 is 2.80 bits per heavy atom. The van der Waals surface area contributed by atoms with Crippen LogP contribution in [0.5, 0.6) is 0 Å². The van der Waals surface area contributed by atoms with Gasteiger partial charge >= 0.3 is 6.18 Å². The fourth-order valence-corrected chi connectivity index (χ4v) is 3.40. The van der Waals surface area contributed by atoms with Crippen molar-refractivity contribution in [1.29, 1.82) is 0 Å². The molecule has 0 radical (unpaired) electrons. The lowest BCUT2D eigenvalue weighted by molar-refractivity contribution is -0.176. The quantitative estimate of drug-likeness (QED) is 0.661. The maximum absolute atomic E-state index is 12.5. The zero-order valence-electron chi connectivity index (χ0n) is 7.90. The van der Waals surface area contributed by atoms with Crippen LogP contribution in [0.25, 0.3) is 0 Å². The van der Waals surface area contributed by atoms with Gasteiger partial charge < -0.3 is 0 Å². The van der Waals surface area contributed by atoms with Gasteiger partial charge in [-0.2, -0.15) is 13.2 Å². The van der Waals surface area contributed by atoms with Crippen molar-refractivity contribution in [2.45, 2.75) is 31.3 Å². The van der Waals surface area contributed by atoms with Crippen LogP contribution in [0.1, 0.15) is 22.4 Å². The van der Waals surface area contributed by atoms with E-state index in [1.165, 1.54) is 11.3 Å². The molecule has 2 rings (SSSR count). The topological polar surface area (TPSA) is 0 Å². The maximum atomic E-state index is 12.5. The molecule has 5 heteroatoms. The first-order valence-corrected chi connectivity index (χ1v) is 6.14. The number of hydrogen-bond acceptors (Lipinski definition) is 1. The zero-order chi connectivity index (χ0) is 11.1. The molecule has 84 valence electrons. The first-order valence-electron chi connectivity index (χ1n) is 4.73. The van der Waals surface area contributed by atoms with E-state index in [9.17, 15) is 13.2 Å². The molecule has 0 fully saturated rings. The summed E-state index contributed by atoms with van der Waals surface area (Å²) in [5, 5.41) is 1.89. The van der Waals surface area contributed by atoms with Crippen molar-refractivity contribution in [2.24, 2.45) is 5.92 Å². The number of alkyl halides is 4. The number of aryl methyl sites for hydroxylation is 1. The van der Waals surface area contributed by atoms with Gasteiger partial charge in [0.05, 0.1) is 5.92 Å². The Morgan fingerprint density at radius 1 is 1.47 bits per heavy atom. The summed E-state index contributed by atoms with van der Waals surface area (Å²) in [4.78, 5) is 1.09. The predicted octanol–water partition coefficient (Wildman–Crippen LogP) is 4.15. The van der Waals surface area contributed by atoms with E-state index in [1.807, 2.05) is 5.38 Å². The summed E-state index contributed by atoms with van der Waals surface area (Å²) in [5.41, 5.74) is 1.73. The van der Waals surface area contributed by atoms with E-state index in [0.717, 1.165) is 16.0 Å². The Labute approximate surface area is 95.1 Å². The molecule has 1 unspecified atom stereocenters.